The minimum atomic E-state index is -0.904. The molecule has 1 N–H and O–H groups in total. The third-order valence-electron chi connectivity index (χ3n) is 6.64. The summed E-state index contributed by atoms with van der Waals surface area (Å²) in [5.74, 6) is -1.07. The molecule has 0 saturated heterocycles. The molecule has 0 radical (unpaired) electrons. The van der Waals surface area contributed by atoms with E-state index in [2.05, 4.69) is 6.58 Å². The number of carboxylic acids is 1. The zero-order valence-electron chi connectivity index (χ0n) is 18.4. The molecule has 2 aliphatic rings. The number of ether oxygens (including phenoxy) is 1. The average Bonchev–Trinajstić information content (AvgIpc) is 3.53. The van der Waals surface area contributed by atoms with Gasteiger partial charge in [0.1, 0.15) is 11.5 Å². The van der Waals surface area contributed by atoms with Gasteiger partial charge in [0.05, 0.1) is 37.8 Å². The molecule has 1 aromatic carbocycles. The van der Waals surface area contributed by atoms with Crippen LogP contribution >= 0.6 is 0 Å². The minimum Gasteiger partial charge on any atom is -0.497 e. The van der Waals surface area contributed by atoms with Crippen LogP contribution in [0, 0.1) is 23.7 Å². The quantitative estimate of drug-likeness (QED) is 0.570. The van der Waals surface area contributed by atoms with Crippen LogP contribution in [0.25, 0.3) is 0 Å². The molecule has 6 heteroatoms. The van der Waals surface area contributed by atoms with E-state index in [0.717, 1.165) is 23.3 Å². The summed E-state index contributed by atoms with van der Waals surface area (Å²) in [6.45, 7) is 6.28. The molecule has 5 atom stereocenters. The molecule has 1 fully saturated rings. The van der Waals surface area contributed by atoms with Crippen molar-refractivity contribution in [2.75, 3.05) is 7.11 Å². The van der Waals surface area contributed by atoms with E-state index in [1.807, 2.05) is 49.4 Å². The van der Waals surface area contributed by atoms with Crippen LogP contribution in [0.5, 0.6) is 5.75 Å². The van der Waals surface area contributed by atoms with Crippen LogP contribution in [0.1, 0.15) is 37.1 Å². The maximum absolute atomic E-state index is 14.0. The number of methoxy groups -OCH3 is 1. The number of furan rings is 1. The standard InChI is InChI=1S/C26H29NO5/c1-16(2)13-22(17-8-10-20(31-3)11-9-17)27(15-21-5-4-12-32-21)25(28)23-18-6-7-19(14-18)24(23)26(29)30/h4-12,18-19,22-24H,1,13-15H2,2-3H3,(H,29,30). The Morgan fingerprint density at radius 1 is 1.19 bits per heavy atom. The molecule has 1 amide bonds. The van der Waals surface area contributed by atoms with Crippen molar-refractivity contribution in [1.82, 2.24) is 4.90 Å². The predicted octanol–water partition coefficient (Wildman–Crippen LogP) is 4.85. The summed E-state index contributed by atoms with van der Waals surface area (Å²) in [6, 6.07) is 11.0. The first-order valence-corrected chi connectivity index (χ1v) is 10.9. The topological polar surface area (TPSA) is 80.0 Å². The second-order valence-electron chi connectivity index (χ2n) is 8.83. The maximum atomic E-state index is 14.0. The van der Waals surface area contributed by atoms with Gasteiger partial charge in [-0.15, -0.1) is 6.58 Å². The third kappa shape index (κ3) is 4.22. The van der Waals surface area contributed by atoms with Gasteiger partial charge in [-0.2, -0.15) is 0 Å². The van der Waals surface area contributed by atoms with Gasteiger partial charge in [-0.25, -0.2) is 0 Å². The number of carbonyl (C=O) groups excluding carboxylic acids is 1. The molecule has 2 bridgehead atoms. The molecule has 2 aromatic rings. The highest BCUT2D eigenvalue weighted by Crippen LogP contribution is 2.49. The molecule has 0 aliphatic heterocycles. The summed E-state index contributed by atoms with van der Waals surface area (Å²) < 4.78 is 10.9. The Labute approximate surface area is 188 Å². The number of carbonyl (C=O) groups is 2. The van der Waals surface area contributed by atoms with Crippen molar-refractivity contribution in [3.8, 4) is 5.75 Å². The van der Waals surface area contributed by atoms with Gasteiger partial charge in [-0.1, -0.05) is 29.9 Å². The Morgan fingerprint density at radius 3 is 2.44 bits per heavy atom. The Balaban J connectivity index is 1.73. The van der Waals surface area contributed by atoms with Gasteiger partial charge in [0.15, 0.2) is 0 Å². The Morgan fingerprint density at radius 2 is 1.88 bits per heavy atom. The number of carboxylic acid groups (broad SMARTS) is 1. The van der Waals surface area contributed by atoms with E-state index in [0.29, 0.717) is 12.2 Å². The highest BCUT2D eigenvalue weighted by Gasteiger charge is 2.53. The molecular formula is C26H29NO5. The lowest BCUT2D eigenvalue weighted by molar-refractivity contribution is -0.152. The third-order valence-corrected chi connectivity index (χ3v) is 6.64. The fourth-order valence-electron chi connectivity index (χ4n) is 5.16. The molecule has 6 nitrogen and oxygen atoms in total. The number of allylic oxidation sites excluding steroid dienone is 2. The number of aliphatic carboxylic acids is 1. The molecule has 32 heavy (non-hydrogen) atoms. The fraction of sp³-hybridized carbons (Fsp3) is 0.385. The van der Waals surface area contributed by atoms with Crippen LogP contribution < -0.4 is 4.74 Å². The lowest BCUT2D eigenvalue weighted by Crippen LogP contribution is -2.44. The van der Waals surface area contributed by atoms with Gasteiger partial charge in [0, 0.05) is 0 Å². The number of fused-ring (bicyclic) bond motifs is 2. The summed E-state index contributed by atoms with van der Waals surface area (Å²) in [5, 5.41) is 9.90. The first kappa shape index (κ1) is 21.9. The van der Waals surface area contributed by atoms with E-state index in [4.69, 9.17) is 9.15 Å². The number of amides is 1. The van der Waals surface area contributed by atoms with E-state index in [1.165, 1.54) is 0 Å². The minimum absolute atomic E-state index is 0.0472. The summed E-state index contributed by atoms with van der Waals surface area (Å²) >= 11 is 0. The van der Waals surface area contributed by atoms with Crippen LogP contribution in [-0.4, -0.2) is 29.0 Å². The van der Waals surface area contributed by atoms with E-state index < -0.39 is 17.8 Å². The predicted molar refractivity (Wildman–Crippen MR) is 120 cm³/mol. The Bertz CT molecular complexity index is 1010. The van der Waals surface area contributed by atoms with E-state index in [1.54, 1.807) is 24.3 Å². The molecule has 5 unspecified atom stereocenters. The van der Waals surface area contributed by atoms with Gasteiger partial charge in [0.25, 0.3) is 0 Å². The van der Waals surface area contributed by atoms with Crippen LogP contribution in [-0.2, 0) is 16.1 Å². The maximum Gasteiger partial charge on any atom is 0.307 e. The fourth-order valence-corrected chi connectivity index (χ4v) is 5.16. The molecule has 1 heterocycles. The first-order chi connectivity index (χ1) is 15.4. The van der Waals surface area contributed by atoms with Crippen LogP contribution in [0.4, 0.5) is 0 Å². The lowest BCUT2D eigenvalue weighted by Gasteiger charge is -2.36. The van der Waals surface area contributed by atoms with Crippen molar-refractivity contribution >= 4 is 11.9 Å². The highest BCUT2D eigenvalue weighted by molar-refractivity contribution is 5.87. The molecule has 2 aliphatic carbocycles. The zero-order chi connectivity index (χ0) is 22.8. The zero-order valence-corrected chi connectivity index (χ0v) is 18.4. The Hall–Kier alpha value is -3.28. The van der Waals surface area contributed by atoms with E-state index in [9.17, 15) is 14.7 Å². The SMILES string of the molecule is C=C(C)CC(c1ccc(OC)cc1)N(Cc1ccco1)C(=O)C1C2C=CC(C2)C1C(=O)O. The van der Waals surface area contributed by atoms with Gasteiger partial charge in [-0.3, -0.25) is 9.59 Å². The molecule has 168 valence electrons. The van der Waals surface area contributed by atoms with Crippen LogP contribution in [0.2, 0.25) is 0 Å². The molecule has 1 aromatic heterocycles. The van der Waals surface area contributed by atoms with Gasteiger partial charge >= 0.3 is 5.97 Å². The number of hydrogen-bond donors (Lipinski definition) is 1. The molecule has 1 saturated carbocycles. The summed E-state index contributed by atoms with van der Waals surface area (Å²) in [4.78, 5) is 27.9. The highest BCUT2D eigenvalue weighted by atomic mass is 16.5. The number of hydrogen-bond acceptors (Lipinski definition) is 4. The lowest BCUT2D eigenvalue weighted by atomic mass is 9.81. The van der Waals surface area contributed by atoms with Crippen molar-refractivity contribution < 1.29 is 23.8 Å². The second-order valence-corrected chi connectivity index (χ2v) is 8.83. The van der Waals surface area contributed by atoms with Crippen molar-refractivity contribution in [1.29, 1.82) is 0 Å². The smallest absolute Gasteiger partial charge is 0.307 e. The first-order valence-electron chi connectivity index (χ1n) is 10.9. The summed E-state index contributed by atoms with van der Waals surface area (Å²) in [7, 11) is 1.61. The second kappa shape index (κ2) is 9.07. The van der Waals surface area contributed by atoms with Crippen molar-refractivity contribution in [3.63, 3.8) is 0 Å². The summed E-state index contributed by atoms with van der Waals surface area (Å²) in [5.41, 5.74) is 1.88. The molecular weight excluding hydrogens is 406 g/mol. The Kier molecular flexibility index (Phi) is 6.21. The normalized spacial score (nSPS) is 24.3. The number of nitrogens with zero attached hydrogens (tertiary/aromatic N) is 1. The van der Waals surface area contributed by atoms with Crippen LogP contribution in [0.15, 0.2) is 71.4 Å². The largest absolute Gasteiger partial charge is 0.497 e. The van der Waals surface area contributed by atoms with Gasteiger partial charge in [-0.05, 0) is 61.4 Å². The van der Waals surface area contributed by atoms with Crippen molar-refractivity contribution in [3.05, 3.63) is 78.3 Å². The van der Waals surface area contributed by atoms with Crippen molar-refractivity contribution in [2.24, 2.45) is 23.7 Å². The van der Waals surface area contributed by atoms with E-state index in [-0.39, 0.29) is 30.3 Å². The van der Waals surface area contributed by atoms with E-state index >= 15 is 0 Å². The van der Waals surface area contributed by atoms with Gasteiger partial charge in [0.2, 0.25) is 5.91 Å². The number of rotatable bonds is 9. The average molecular weight is 436 g/mol. The van der Waals surface area contributed by atoms with Crippen molar-refractivity contribution in [2.45, 2.75) is 32.4 Å². The van der Waals surface area contributed by atoms with Gasteiger partial charge < -0.3 is 19.2 Å². The summed E-state index contributed by atoms with van der Waals surface area (Å²) in [6.07, 6.45) is 6.83. The molecule has 4 rings (SSSR count). The number of benzene rings is 1. The monoisotopic (exact) mass is 435 g/mol. The molecule has 0 spiro atoms. The van der Waals surface area contributed by atoms with Crippen LogP contribution in [0.3, 0.4) is 0 Å².